The van der Waals surface area contributed by atoms with Crippen molar-refractivity contribution in [2.45, 2.75) is 13.0 Å². The van der Waals surface area contributed by atoms with E-state index in [0.717, 1.165) is 18.5 Å². The van der Waals surface area contributed by atoms with Gasteiger partial charge in [0.05, 0.1) is 18.1 Å². The van der Waals surface area contributed by atoms with Crippen LogP contribution in [-0.4, -0.2) is 16.7 Å². The SMILES string of the molecule is COc1cc2c(cc1F)[nH]c(=S)n2CCc1ccsc1. The molecule has 0 aliphatic heterocycles. The van der Waals surface area contributed by atoms with E-state index in [4.69, 9.17) is 17.0 Å². The Hall–Kier alpha value is -1.66. The number of fused-ring (bicyclic) bond motifs is 1. The molecule has 0 unspecified atom stereocenters. The van der Waals surface area contributed by atoms with Gasteiger partial charge >= 0.3 is 0 Å². The lowest BCUT2D eigenvalue weighted by Crippen LogP contribution is -2.01. The van der Waals surface area contributed by atoms with Crippen molar-refractivity contribution in [3.8, 4) is 5.75 Å². The van der Waals surface area contributed by atoms with Crippen LogP contribution in [0.2, 0.25) is 0 Å². The Morgan fingerprint density at radius 2 is 2.30 bits per heavy atom. The van der Waals surface area contributed by atoms with Gasteiger partial charge in [0.15, 0.2) is 16.3 Å². The van der Waals surface area contributed by atoms with E-state index in [1.807, 2.05) is 4.57 Å². The number of aromatic nitrogens is 2. The van der Waals surface area contributed by atoms with Gasteiger partial charge in [0, 0.05) is 18.7 Å². The number of hydrogen-bond donors (Lipinski definition) is 1. The van der Waals surface area contributed by atoms with Crippen molar-refractivity contribution in [2.24, 2.45) is 0 Å². The summed E-state index contributed by atoms with van der Waals surface area (Å²) in [4.78, 5) is 3.03. The zero-order valence-corrected chi connectivity index (χ0v) is 12.5. The Morgan fingerprint density at radius 3 is 3.00 bits per heavy atom. The highest BCUT2D eigenvalue weighted by atomic mass is 32.1. The number of benzene rings is 1. The number of H-pyrrole nitrogens is 1. The molecule has 2 aromatic heterocycles. The lowest BCUT2D eigenvalue weighted by molar-refractivity contribution is 0.387. The van der Waals surface area contributed by atoms with Crippen LogP contribution in [-0.2, 0) is 13.0 Å². The van der Waals surface area contributed by atoms with Crippen molar-refractivity contribution in [1.82, 2.24) is 9.55 Å². The molecule has 0 spiro atoms. The first-order valence-corrected chi connectivity index (χ1v) is 7.51. The van der Waals surface area contributed by atoms with Gasteiger partial charge in [0.2, 0.25) is 0 Å². The summed E-state index contributed by atoms with van der Waals surface area (Å²) in [6.45, 7) is 0.754. The van der Waals surface area contributed by atoms with Crippen LogP contribution >= 0.6 is 23.6 Å². The second kappa shape index (κ2) is 5.38. The van der Waals surface area contributed by atoms with Crippen molar-refractivity contribution in [3.63, 3.8) is 0 Å². The molecule has 0 radical (unpaired) electrons. The Bertz CT molecular complexity index is 789. The molecule has 1 N–H and O–H groups in total. The van der Waals surface area contributed by atoms with Gasteiger partial charge in [-0.3, -0.25) is 0 Å². The van der Waals surface area contributed by atoms with Crippen LogP contribution in [0.3, 0.4) is 0 Å². The maximum atomic E-state index is 13.7. The smallest absolute Gasteiger partial charge is 0.178 e. The molecule has 3 nitrogen and oxygen atoms in total. The number of hydrogen-bond acceptors (Lipinski definition) is 3. The number of ether oxygens (including phenoxy) is 1. The van der Waals surface area contributed by atoms with E-state index in [1.165, 1.54) is 18.7 Å². The van der Waals surface area contributed by atoms with Crippen molar-refractivity contribution in [1.29, 1.82) is 0 Å². The van der Waals surface area contributed by atoms with Gasteiger partial charge in [-0.1, -0.05) is 0 Å². The Balaban J connectivity index is 2.01. The summed E-state index contributed by atoms with van der Waals surface area (Å²) in [6.07, 6.45) is 0.893. The van der Waals surface area contributed by atoms with E-state index in [0.29, 0.717) is 10.3 Å². The topological polar surface area (TPSA) is 29.9 Å². The first kappa shape index (κ1) is 13.3. The summed E-state index contributed by atoms with van der Waals surface area (Å²) in [6, 6.07) is 5.21. The number of halogens is 1. The standard InChI is InChI=1S/C14H13FN2OS2/c1-18-13-7-12-11(6-10(13)15)16-14(19)17(12)4-2-9-3-5-20-8-9/h3,5-8H,2,4H2,1H3,(H,16,19). The fourth-order valence-electron chi connectivity index (χ4n) is 2.21. The molecule has 0 aliphatic carbocycles. The highest BCUT2D eigenvalue weighted by Crippen LogP contribution is 2.24. The molecule has 20 heavy (non-hydrogen) atoms. The van der Waals surface area contributed by atoms with Crippen LogP contribution in [0.25, 0.3) is 11.0 Å². The predicted molar refractivity (Wildman–Crippen MR) is 81.7 cm³/mol. The second-order valence-electron chi connectivity index (χ2n) is 4.47. The minimum absolute atomic E-state index is 0.232. The number of nitrogens with zero attached hydrogens (tertiary/aromatic N) is 1. The number of aromatic amines is 1. The minimum Gasteiger partial charge on any atom is -0.494 e. The molecule has 6 heteroatoms. The van der Waals surface area contributed by atoms with Crippen LogP contribution in [0.1, 0.15) is 5.56 Å². The summed E-state index contributed by atoms with van der Waals surface area (Å²) in [7, 11) is 1.46. The first-order valence-electron chi connectivity index (χ1n) is 6.16. The van der Waals surface area contributed by atoms with E-state index in [2.05, 4.69) is 21.8 Å². The fourth-order valence-corrected chi connectivity index (χ4v) is 3.22. The molecule has 0 bridgehead atoms. The Labute approximate surface area is 124 Å². The maximum Gasteiger partial charge on any atom is 0.178 e. The molecular formula is C14H13FN2OS2. The number of imidazole rings is 1. The van der Waals surface area contributed by atoms with Gasteiger partial charge in [-0.05, 0) is 41.0 Å². The summed E-state index contributed by atoms with van der Waals surface area (Å²) < 4.78 is 21.3. The highest BCUT2D eigenvalue weighted by molar-refractivity contribution is 7.71. The number of aryl methyl sites for hydroxylation is 2. The van der Waals surface area contributed by atoms with Crippen LogP contribution in [0.15, 0.2) is 29.0 Å². The van der Waals surface area contributed by atoms with Crippen molar-refractivity contribution in [2.75, 3.05) is 7.11 Å². The summed E-state index contributed by atoms with van der Waals surface area (Å²) in [5.41, 5.74) is 2.84. The molecule has 0 aliphatic rings. The molecular weight excluding hydrogens is 295 g/mol. The molecule has 0 fully saturated rings. The van der Waals surface area contributed by atoms with Gasteiger partial charge in [-0.25, -0.2) is 4.39 Å². The molecule has 0 saturated carbocycles. The average Bonchev–Trinajstić information content (AvgIpc) is 3.03. The Morgan fingerprint density at radius 1 is 1.45 bits per heavy atom. The molecule has 104 valence electrons. The van der Waals surface area contributed by atoms with Gasteiger partial charge in [-0.15, -0.1) is 0 Å². The van der Waals surface area contributed by atoms with Crippen LogP contribution in [0.5, 0.6) is 5.75 Å². The zero-order valence-electron chi connectivity index (χ0n) is 10.9. The minimum atomic E-state index is -0.388. The highest BCUT2D eigenvalue weighted by Gasteiger charge is 2.10. The summed E-state index contributed by atoms with van der Waals surface area (Å²) in [5.74, 6) is -0.156. The van der Waals surface area contributed by atoms with Gasteiger partial charge in [-0.2, -0.15) is 11.3 Å². The predicted octanol–water partition coefficient (Wildman–Crippen LogP) is 4.15. The van der Waals surface area contributed by atoms with Crippen molar-refractivity contribution >= 4 is 34.6 Å². The molecule has 1 aromatic carbocycles. The molecule has 3 rings (SSSR count). The number of thiophene rings is 1. The van der Waals surface area contributed by atoms with Gasteiger partial charge in [0.25, 0.3) is 0 Å². The van der Waals surface area contributed by atoms with E-state index in [-0.39, 0.29) is 11.6 Å². The monoisotopic (exact) mass is 308 g/mol. The van der Waals surface area contributed by atoms with Crippen molar-refractivity contribution < 1.29 is 9.13 Å². The number of nitrogens with one attached hydrogen (secondary N) is 1. The third kappa shape index (κ3) is 2.36. The number of methoxy groups -OCH3 is 1. The van der Waals surface area contributed by atoms with E-state index >= 15 is 0 Å². The summed E-state index contributed by atoms with van der Waals surface area (Å²) >= 11 is 7.00. The first-order chi connectivity index (χ1) is 9.69. The lowest BCUT2D eigenvalue weighted by Gasteiger charge is -2.06. The maximum absolute atomic E-state index is 13.7. The number of rotatable bonds is 4. The second-order valence-corrected chi connectivity index (χ2v) is 5.63. The van der Waals surface area contributed by atoms with E-state index < -0.39 is 0 Å². The van der Waals surface area contributed by atoms with Gasteiger partial charge < -0.3 is 14.3 Å². The summed E-state index contributed by atoms with van der Waals surface area (Å²) in [5, 5.41) is 4.18. The van der Waals surface area contributed by atoms with Crippen molar-refractivity contribution in [3.05, 3.63) is 45.1 Å². The molecule has 0 atom stereocenters. The largest absolute Gasteiger partial charge is 0.494 e. The average molecular weight is 308 g/mol. The van der Waals surface area contributed by atoms with Crippen LogP contribution in [0, 0.1) is 10.6 Å². The third-order valence-corrected chi connectivity index (χ3v) is 4.31. The quantitative estimate of drug-likeness (QED) is 0.734. The molecule has 2 heterocycles. The fraction of sp³-hybridized carbons (Fsp3) is 0.214. The van der Waals surface area contributed by atoms with E-state index in [9.17, 15) is 4.39 Å². The molecule has 0 saturated heterocycles. The molecule has 0 amide bonds. The normalized spacial score (nSPS) is 11.1. The van der Waals surface area contributed by atoms with E-state index in [1.54, 1.807) is 17.4 Å². The van der Waals surface area contributed by atoms with Gasteiger partial charge in [0.1, 0.15) is 0 Å². The molecule has 3 aromatic rings. The lowest BCUT2D eigenvalue weighted by atomic mass is 10.2. The third-order valence-electron chi connectivity index (χ3n) is 3.25. The van der Waals surface area contributed by atoms with Crippen LogP contribution in [0.4, 0.5) is 4.39 Å². The Kier molecular flexibility index (Phi) is 3.58. The zero-order chi connectivity index (χ0) is 14.1. The van der Waals surface area contributed by atoms with Crippen LogP contribution < -0.4 is 4.74 Å².